The number of nitrogens with one attached hydrogen (secondary N) is 1. The summed E-state index contributed by atoms with van der Waals surface area (Å²) in [6.07, 6.45) is -57.5. The third kappa shape index (κ3) is 31.4. The lowest BCUT2D eigenvalue weighted by Crippen LogP contribution is -2.72. The molecule has 6 fully saturated rings. The summed E-state index contributed by atoms with van der Waals surface area (Å²) >= 11 is 0. The highest BCUT2D eigenvalue weighted by molar-refractivity contribution is 5.74. The molecule has 6 aliphatic heterocycles. The van der Waals surface area contributed by atoms with E-state index in [1.54, 1.807) is 6.08 Å². The number of rotatable bonds is 38. The molecule has 6 aliphatic rings. The van der Waals surface area contributed by atoms with E-state index >= 15 is 0 Å². The van der Waals surface area contributed by atoms with Crippen molar-refractivity contribution in [1.29, 1.82) is 0 Å². The Kier molecular flexibility index (Phi) is 40.1. The highest BCUT2D eigenvalue weighted by Gasteiger charge is 2.64. The summed E-state index contributed by atoms with van der Waals surface area (Å²) in [5.41, 5.74) is 0. The van der Waals surface area contributed by atoms with Crippen LogP contribution in [0.5, 0.6) is 0 Å². The molecule has 1 amide bonds. The predicted octanol–water partition coefficient (Wildman–Crippen LogP) is -1.23. The summed E-state index contributed by atoms with van der Waals surface area (Å²) in [6, 6.07) is -2.20. The second-order valence-corrected chi connectivity index (χ2v) is 28.9. The van der Waals surface area contributed by atoms with Crippen LogP contribution in [0.15, 0.2) is 12.7 Å². The lowest BCUT2D eigenvalue weighted by atomic mass is 9.93. The van der Waals surface area contributed by atoms with Gasteiger partial charge in [0.1, 0.15) is 94.0 Å². The normalized spacial score (nSPS) is 33.0. The molecular formula is C77H107NO47. The first-order chi connectivity index (χ1) is 58.7. The van der Waals surface area contributed by atoms with Gasteiger partial charge in [0.05, 0.1) is 12.7 Å². The Balaban J connectivity index is 1.66. The van der Waals surface area contributed by atoms with E-state index in [4.69, 9.17) is 137 Å². The van der Waals surface area contributed by atoms with Crippen LogP contribution in [0.2, 0.25) is 0 Å². The molecule has 6 heterocycles. The number of carbonyl (C=O) groups is 18. The van der Waals surface area contributed by atoms with Gasteiger partial charge < -0.3 is 143 Å². The molecule has 48 heteroatoms. The summed E-state index contributed by atoms with van der Waals surface area (Å²) in [6.45, 7) is 16.6. The minimum Gasteiger partial charge on any atom is -0.463 e. The Labute approximate surface area is 715 Å². The smallest absolute Gasteiger partial charge is 0.303 e. The standard InChI is InChI=1S/C77H107NO47/c1-21-22-23-24-97-73-67(112-45(17)93)64(110-43(15)91)59(52(117-73)28-101-35(7)83)121-75-69(114-47(19)95)65(111-44(16)92)60(53(120-75)29-102-36(8)84)122-76-70(115-48(20)96)66(58(107-40(12)88)51(118-76)27-100-34(6)82)124-72-54(78-31(3)79)61(56(105-38(10)86)49(116-72)25-98-32(4)80)123-77-71(63(109-42(14)90)57(106-39(11)87)50(119-77)26-99-33(5)81)125-74-68(113-46(18)94)62(108-41(13)89)55(30(2)103-74)104-37(9)85/h21,30,49-77H,1,22-29H2,2-20H3,(H,78,79)/t30-,49+,50+,51+,52+,53+,54+,55+,56-,57-,58-,59+,60-,61+,62+,63-,64-,65-,66-,67+,68-,69+,70+,71+,72-,73+,74-,75-,76+,77-/m0/s1. The molecule has 0 unspecified atom stereocenters. The van der Waals surface area contributed by atoms with E-state index in [9.17, 15) is 86.3 Å². The quantitative estimate of drug-likeness (QED) is 0.0327. The van der Waals surface area contributed by atoms with Gasteiger partial charge in [-0.2, -0.15) is 0 Å². The zero-order valence-electron chi connectivity index (χ0n) is 71.9. The van der Waals surface area contributed by atoms with Gasteiger partial charge in [0.15, 0.2) is 117 Å². The third-order valence-electron chi connectivity index (χ3n) is 18.3. The highest BCUT2D eigenvalue weighted by atomic mass is 16.8. The number of carbonyl (C=O) groups excluding carboxylic acids is 18. The monoisotopic (exact) mass is 1800 g/mol. The maximum absolute atomic E-state index is 14.2. The van der Waals surface area contributed by atoms with Gasteiger partial charge in [0.25, 0.3) is 0 Å². The maximum Gasteiger partial charge on any atom is 0.303 e. The van der Waals surface area contributed by atoms with E-state index in [0.29, 0.717) is 12.8 Å². The lowest BCUT2D eigenvalue weighted by Gasteiger charge is -2.52. The zero-order valence-corrected chi connectivity index (χ0v) is 71.9. The molecule has 48 nitrogen and oxygen atoms in total. The summed E-state index contributed by atoms with van der Waals surface area (Å²) in [5.74, 6) is -19.8. The molecule has 30 atom stereocenters. The molecule has 0 bridgehead atoms. The van der Waals surface area contributed by atoms with Gasteiger partial charge in [-0.15, -0.1) is 6.58 Å². The van der Waals surface area contributed by atoms with E-state index in [-0.39, 0.29) is 6.61 Å². The van der Waals surface area contributed by atoms with Crippen LogP contribution in [0, 0.1) is 0 Å². The first-order valence-electron chi connectivity index (χ1n) is 39.1. The zero-order chi connectivity index (χ0) is 93.3. The Hall–Kier alpha value is -10.3. The summed E-state index contributed by atoms with van der Waals surface area (Å²) in [4.78, 5) is 240. The van der Waals surface area contributed by atoms with Crippen molar-refractivity contribution in [3.63, 3.8) is 0 Å². The van der Waals surface area contributed by atoms with Crippen LogP contribution in [0.4, 0.5) is 0 Å². The van der Waals surface area contributed by atoms with Crippen molar-refractivity contribution in [3.8, 4) is 0 Å². The van der Waals surface area contributed by atoms with Gasteiger partial charge in [0.2, 0.25) is 5.91 Å². The van der Waals surface area contributed by atoms with Crippen molar-refractivity contribution in [2.24, 2.45) is 0 Å². The number of hydrogen-bond donors (Lipinski definition) is 1. The number of unbranched alkanes of at least 4 members (excludes halogenated alkanes) is 1. The van der Waals surface area contributed by atoms with Crippen molar-refractivity contribution in [1.82, 2.24) is 5.32 Å². The van der Waals surface area contributed by atoms with Crippen molar-refractivity contribution in [2.75, 3.05) is 39.6 Å². The molecule has 0 saturated carbocycles. The minimum atomic E-state index is -2.45. The Morgan fingerprint density at radius 3 is 0.824 bits per heavy atom. The molecule has 6 saturated heterocycles. The molecule has 125 heavy (non-hydrogen) atoms. The lowest BCUT2D eigenvalue weighted by molar-refractivity contribution is -0.393. The van der Waals surface area contributed by atoms with Gasteiger partial charge in [-0.1, -0.05) is 6.08 Å². The van der Waals surface area contributed by atoms with Crippen molar-refractivity contribution < 1.29 is 224 Å². The summed E-state index contributed by atoms with van der Waals surface area (Å²) < 4.78 is 176. The third-order valence-corrected chi connectivity index (χ3v) is 18.3. The Morgan fingerprint density at radius 1 is 0.256 bits per heavy atom. The largest absolute Gasteiger partial charge is 0.463 e. The maximum atomic E-state index is 14.2. The van der Waals surface area contributed by atoms with Crippen LogP contribution >= 0.6 is 0 Å². The number of allylic oxidation sites excluding steroid dienone is 1. The SMILES string of the molecule is C=CCCCO[C@@H]1O[C@H](COC(C)=O)[C@@H](O[C@@H]2O[C@H](COC(C)=O)[C@H](O[C@H]3O[C@H](COC(C)=O)[C@H](OC(C)=O)[C@H](O[C@@H]4O[C@H](COC(C)=O)[C@H](OC(C)=O)[C@H](O[C@@H]5O[C@H](COC(C)=O)[C@H](OC(C)=O)[C@H](OC(C)=O)[C@H]5O[C@@H]5O[C@@H](C)[C@@H](OC(C)=O)[C@@H](OC(C)=O)[C@@H]5OC(C)=O)[C@H]4NC(C)=O)[C@H]3OC(C)=O)[C@H](OC(C)=O)[C@H]2OC(C)=O)[C@H](OC(C)=O)[C@H]1OC(C)=O. The molecular weight excluding hydrogens is 1690 g/mol. The van der Waals surface area contributed by atoms with Gasteiger partial charge in [-0.25, -0.2) is 0 Å². The van der Waals surface area contributed by atoms with Gasteiger partial charge in [-0.3, -0.25) is 86.3 Å². The van der Waals surface area contributed by atoms with Gasteiger partial charge in [0, 0.05) is 125 Å². The molecule has 0 spiro atoms. The number of amides is 1. The van der Waals surface area contributed by atoms with E-state index in [1.165, 1.54) is 6.92 Å². The number of ether oxygens (including phenoxy) is 29. The topological polar surface area (TPSA) is 587 Å². The van der Waals surface area contributed by atoms with E-state index < -0.39 is 325 Å². The molecule has 0 aromatic carbocycles. The first kappa shape index (κ1) is 104. The number of esters is 17. The molecule has 0 aromatic heterocycles. The van der Waals surface area contributed by atoms with Crippen molar-refractivity contribution >= 4 is 107 Å². The van der Waals surface area contributed by atoms with Crippen LogP contribution in [0.3, 0.4) is 0 Å². The number of hydrogen-bond acceptors (Lipinski definition) is 47. The van der Waals surface area contributed by atoms with Crippen LogP contribution in [0.25, 0.3) is 0 Å². The second-order valence-electron chi connectivity index (χ2n) is 28.9. The molecule has 1 N–H and O–H groups in total. The molecule has 0 aliphatic carbocycles. The van der Waals surface area contributed by atoms with Crippen molar-refractivity contribution in [2.45, 2.75) is 329 Å². The Morgan fingerprint density at radius 2 is 0.488 bits per heavy atom. The van der Waals surface area contributed by atoms with Crippen LogP contribution in [-0.2, 0) is 224 Å². The van der Waals surface area contributed by atoms with Crippen LogP contribution in [-0.4, -0.2) is 331 Å². The molecule has 6 rings (SSSR count). The van der Waals surface area contributed by atoms with Crippen LogP contribution in [0.1, 0.15) is 144 Å². The Bertz CT molecular complexity index is 3830. The fraction of sp³-hybridized carbons (Fsp3) is 0.740. The van der Waals surface area contributed by atoms with Crippen molar-refractivity contribution in [3.05, 3.63) is 12.7 Å². The summed E-state index contributed by atoms with van der Waals surface area (Å²) in [5, 5.41) is 2.55. The fourth-order valence-corrected chi connectivity index (χ4v) is 14.1. The predicted molar refractivity (Wildman–Crippen MR) is 395 cm³/mol. The average molecular weight is 1800 g/mol. The highest BCUT2D eigenvalue weighted by Crippen LogP contribution is 2.43. The van der Waals surface area contributed by atoms with Gasteiger partial charge in [-0.05, 0) is 19.8 Å². The van der Waals surface area contributed by atoms with E-state index in [2.05, 4.69) is 11.9 Å². The molecule has 0 aromatic rings. The van der Waals surface area contributed by atoms with Crippen LogP contribution < -0.4 is 5.32 Å². The average Bonchev–Trinajstić information content (AvgIpc) is 0.755. The molecule has 702 valence electrons. The molecule has 0 radical (unpaired) electrons. The van der Waals surface area contributed by atoms with E-state index in [1.807, 2.05) is 0 Å². The second kappa shape index (κ2) is 48.4. The van der Waals surface area contributed by atoms with Gasteiger partial charge >= 0.3 is 101 Å². The fourth-order valence-electron chi connectivity index (χ4n) is 14.1. The first-order valence-corrected chi connectivity index (χ1v) is 39.1. The summed E-state index contributed by atoms with van der Waals surface area (Å²) in [7, 11) is 0. The van der Waals surface area contributed by atoms with E-state index in [0.717, 1.165) is 125 Å². The minimum absolute atomic E-state index is 0.104.